The molecule has 0 aliphatic carbocycles. The Balaban J connectivity index is 4.08. The molecule has 406 valence electrons. The van der Waals surface area contributed by atoms with Gasteiger partial charge in [-0.25, -0.2) is 4.57 Å². The van der Waals surface area contributed by atoms with E-state index < -0.39 is 20.0 Å². The minimum absolute atomic E-state index is 0.0518. The van der Waals surface area contributed by atoms with E-state index in [-0.39, 0.29) is 19.1 Å². The molecular weight excluding hydrogens is 888 g/mol. The van der Waals surface area contributed by atoms with Gasteiger partial charge in [0.2, 0.25) is 5.91 Å². The molecule has 0 aromatic carbocycles. The minimum atomic E-state index is -4.36. The molecule has 3 unspecified atom stereocenters. The zero-order valence-electron chi connectivity index (χ0n) is 46.2. The van der Waals surface area contributed by atoms with Gasteiger partial charge in [-0.2, -0.15) is 0 Å². The average Bonchev–Trinajstić information content (AvgIpc) is 3.32. The minimum Gasteiger partial charge on any atom is -0.387 e. The Bertz CT molecular complexity index is 1410. The van der Waals surface area contributed by atoms with Crippen molar-refractivity contribution in [1.29, 1.82) is 0 Å². The molecule has 8 nitrogen and oxygen atoms in total. The molecule has 70 heavy (non-hydrogen) atoms. The standard InChI is InChI=1S/C61H111N2O6P/c1-6-8-10-12-14-16-18-20-22-23-24-25-26-27-28-29-30-31-32-33-34-35-36-37-38-39-41-43-45-47-49-51-53-55-61(65)62-59(58-69-70(66,67)68-57-56-63(3,4)5)60(64)54-52-50-48-46-44-42-40-21-19-17-15-13-11-9-7-2/h8,10,14,16,19-22,24-25,44,46,52,54,59-60,64H,6-7,9,11-13,15,17-18,23,26-43,45,47-51,53,55-58H2,1-5H3,(H-,62,65,66,67)/p+1/b10-8-,16-14-,21-19+,22-20-,25-24-,46-44+,54-52+. The highest BCUT2D eigenvalue weighted by atomic mass is 31.2. The zero-order valence-corrected chi connectivity index (χ0v) is 47.1. The second-order valence-electron chi connectivity index (χ2n) is 20.6. The lowest BCUT2D eigenvalue weighted by Crippen LogP contribution is -2.45. The first kappa shape index (κ1) is 67.7. The molecular formula is C61H112N2O6P+. The molecule has 0 aromatic rings. The molecule has 0 heterocycles. The smallest absolute Gasteiger partial charge is 0.387 e. The van der Waals surface area contributed by atoms with Gasteiger partial charge in [-0.15, -0.1) is 0 Å². The number of carbonyl (C=O) groups is 1. The summed E-state index contributed by atoms with van der Waals surface area (Å²) in [5.41, 5.74) is 0. The molecule has 0 radical (unpaired) electrons. The van der Waals surface area contributed by atoms with Gasteiger partial charge in [0.1, 0.15) is 13.2 Å². The van der Waals surface area contributed by atoms with Crippen molar-refractivity contribution in [2.24, 2.45) is 0 Å². The number of nitrogens with one attached hydrogen (secondary N) is 1. The highest BCUT2D eigenvalue weighted by Crippen LogP contribution is 2.43. The molecule has 0 saturated heterocycles. The summed E-state index contributed by atoms with van der Waals surface area (Å²) in [7, 11) is 1.54. The largest absolute Gasteiger partial charge is 0.472 e. The molecule has 0 fully saturated rings. The maximum atomic E-state index is 13.0. The number of likely N-dealkylation sites (N-methyl/N-ethyl adjacent to an activating group) is 1. The first-order valence-electron chi connectivity index (χ1n) is 29.0. The van der Waals surface area contributed by atoms with Gasteiger partial charge in [-0.05, 0) is 83.5 Å². The van der Waals surface area contributed by atoms with Crippen molar-refractivity contribution in [1.82, 2.24) is 5.32 Å². The molecule has 0 spiro atoms. The fourth-order valence-electron chi connectivity index (χ4n) is 8.07. The van der Waals surface area contributed by atoms with Crippen molar-refractivity contribution in [3.05, 3.63) is 85.1 Å². The van der Waals surface area contributed by atoms with Crippen LogP contribution in [0.5, 0.6) is 0 Å². The van der Waals surface area contributed by atoms with E-state index in [1.54, 1.807) is 6.08 Å². The molecule has 0 aliphatic rings. The number of carbonyl (C=O) groups excluding carboxylic acids is 1. The predicted molar refractivity (Wildman–Crippen MR) is 304 cm³/mol. The maximum Gasteiger partial charge on any atom is 0.472 e. The summed E-state index contributed by atoms with van der Waals surface area (Å²) in [6.45, 7) is 4.66. The van der Waals surface area contributed by atoms with E-state index in [1.807, 2.05) is 27.2 Å². The summed E-state index contributed by atoms with van der Waals surface area (Å²) in [5, 5.41) is 13.9. The number of hydrogen-bond acceptors (Lipinski definition) is 5. The monoisotopic (exact) mass is 1000 g/mol. The van der Waals surface area contributed by atoms with Gasteiger partial charge in [0.25, 0.3) is 0 Å². The lowest BCUT2D eigenvalue weighted by Gasteiger charge is -2.25. The van der Waals surface area contributed by atoms with Crippen LogP contribution in [0, 0.1) is 0 Å². The van der Waals surface area contributed by atoms with Gasteiger partial charge in [-0.3, -0.25) is 13.8 Å². The van der Waals surface area contributed by atoms with Crippen LogP contribution in [0.25, 0.3) is 0 Å². The van der Waals surface area contributed by atoms with Gasteiger partial charge in [0, 0.05) is 6.42 Å². The molecule has 1 amide bonds. The van der Waals surface area contributed by atoms with Crippen molar-refractivity contribution in [3.8, 4) is 0 Å². The Hall–Kier alpha value is -2.32. The number of nitrogens with zero attached hydrogens (tertiary/aromatic N) is 1. The Kier molecular flexibility index (Phi) is 49.9. The Morgan fingerprint density at radius 3 is 1.31 bits per heavy atom. The fraction of sp³-hybridized carbons (Fsp3) is 0.754. The van der Waals surface area contributed by atoms with E-state index in [1.165, 1.54) is 154 Å². The average molecular weight is 1000 g/mol. The van der Waals surface area contributed by atoms with E-state index >= 15 is 0 Å². The third-order valence-corrected chi connectivity index (χ3v) is 13.6. The summed E-state index contributed by atoms with van der Waals surface area (Å²) >= 11 is 0. The Morgan fingerprint density at radius 1 is 0.500 bits per heavy atom. The van der Waals surface area contributed by atoms with Crippen LogP contribution in [0.3, 0.4) is 0 Å². The number of phosphoric acid groups is 1. The number of allylic oxidation sites excluding steroid dienone is 13. The van der Waals surface area contributed by atoms with Crippen LogP contribution in [0.2, 0.25) is 0 Å². The van der Waals surface area contributed by atoms with Crippen molar-refractivity contribution < 1.29 is 32.9 Å². The predicted octanol–water partition coefficient (Wildman–Crippen LogP) is 17.6. The summed E-state index contributed by atoms with van der Waals surface area (Å²) in [5.74, 6) is -0.191. The van der Waals surface area contributed by atoms with Gasteiger partial charge in [0.05, 0.1) is 39.9 Å². The summed E-state index contributed by atoms with van der Waals surface area (Å²) in [4.78, 5) is 23.3. The molecule has 0 aliphatic heterocycles. The van der Waals surface area contributed by atoms with E-state index in [9.17, 15) is 19.4 Å². The number of amides is 1. The van der Waals surface area contributed by atoms with Crippen LogP contribution in [0.4, 0.5) is 0 Å². The van der Waals surface area contributed by atoms with E-state index in [0.29, 0.717) is 17.4 Å². The van der Waals surface area contributed by atoms with E-state index in [0.717, 1.165) is 70.6 Å². The van der Waals surface area contributed by atoms with Gasteiger partial charge in [0.15, 0.2) is 0 Å². The second-order valence-corrected chi connectivity index (χ2v) is 22.1. The van der Waals surface area contributed by atoms with E-state index in [4.69, 9.17) is 9.05 Å². The van der Waals surface area contributed by atoms with Crippen LogP contribution in [-0.4, -0.2) is 73.4 Å². The maximum absolute atomic E-state index is 13.0. The summed E-state index contributed by atoms with van der Waals surface area (Å²) < 4.78 is 23.6. The number of quaternary nitrogens is 1. The van der Waals surface area contributed by atoms with Crippen LogP contribution in [0.1, 0.15) is 245 Å². The number of rotatable bonds is 52. The molecule has 3 N–H and O–H groups in total. The van der Waals surface area contributed by atoms with E-state index in [2.05, 4.69) is 92.1 Å². The number of hydrogen-bond donors (Lipinski definition) is 3. The zero-order chi connectivity index (χ0) is 51.3. The lowest BCUT2D eigenvalue weighted by atomic mass is 10.0. The van der Waals surface area contributed by atoms with Crippen LogP contribution < -0.4 is 5.32 Å². The molecule has 0 bridgehead atoms. The number of aliphatic hydroxyl groups is 1. The topological polar surface area (TPSA) is 105 Å². The first-order valence-corrected chi connectivity index (χ1v) is 30.5. The lowest BCUT2D eigenvalue weighted by molar-refractivity contribution is -0.870. The summed E-state index contributed by atoms with van der Waals surface area (Å²) in [6.07, 6.45) is 72.7. The second kappa shape index (κ2) is 51.6. The fourth-order valence-corrected chi connectivity index (χ4v) is 8.80. The molecule has 0 aromatic heterocycles. The first-order chi connectivity index (χ1) is 34.0. The Morgan fingerprint density at radius 2 is 0.871 bits per heavy atom. The van der Waals surface area contributed by atoms with Crippen LogP contribution in [0.15, 0.2) is 85.1 Å². The molecule has 3 atom stereocenters. The summed E-state index contributed by atoms with van der Waals surface area (Å²) in [6, 6.07) is -0.872. The van der Waals surface area contributed by atoms with Crippen molar-refractivity contribution in [3.63, 3.8) is 0 Å². The Labute approximate surface area is 433 Å². The van der Waals surface area contributed by atoms with Crippen LogP contribution >= 0.6 is 7.82 Å². The van der Waals surface area contributed by atoms with Crippen molar-refractivity contribution in [2.45, 2.75) is 257 Å². The third kappa shape index (κ3) is 53.5. The highest BCUT2D eigenvalue weighted by Gasteiger charge is 2.27. The number of unbranched alkanes of at least 4 members (excludes halogenated alkanes) is 27. The molecule has 0 rings (SSSR count). The number of phosphoric ester groups is 1. The highest BCUT2D eigenvalue weighted by molar-refractivity contribution is 7.47. The van der Waals surface area contributed by atoms with Crippen molar-refractivity contribution >= 4 is 13.7 Å². The van der Waals surface area contributed by atoms with Gasteiger partial charge >= 0.3 is 7.82 Å². The third-order valence-electron chi connectivity index (χ3n) is 12.6. The quantitative estimate of drug-likeness (QED) is 0.0243. The normalized spacial score (nSPS) is 14.6. The van der Waals surface area contributed by atoms with Crippen molar-refractivity contribution in [2.75, 3.05) is 40.9 Å². The molecule has 9 heteroatoms. The van der Waals surface area contributed by atoms with Gasteiger partial charge < -0.3 is 19.8 Å². The van der Waals surface area contributed by atoms with Crippen LogP contribution in [-0.2, 0) is 18.4 Å². The molecule has 0 saturated carbocycles. The number of aliphatic hydroxyl groups excluding tert-OH is 1. The SMILES string of the molecule is CC/C=C\C/C=C\C/C=C\C/C=C\CCCCCCCCCCCCCCCCCCCCCCC(=O)NC(COP(=O)(O)OCC[N+](C)(C)C)C(O)/C=C/CC/C=C/CC/C=C/CCCCCCC. The van der Waals surface area contributed by atoms with Gasteiger partial charge in [-0.1, -0.05) is 240 Å².